The number of aryl methyl sites for hydroxylation is 1. The van der Waals surface area contributed by atoms with Gasteiger partial charge in [0, 0.05) is 18.3 Å². The molecule has 4 rings (SSSR count). The normalized spacial score (nSPS) is 10.8. The SMILES string of the molecule is CNC(=O)c1cc(NC(=O)c2cc(-c3ccccc3OC)nc3onc(C)c23)ccc1Cl. The van der Waals surface area contributed by atoms with Crippen LogP contribution in [0.5, 0.6) is 5.75 Å². The molecule has 0 radical (unpaired) electrons. The second kappa shape index (κ2) is 8.68. The van der Waals surface area contributed by atoms with Crippen LogP contribution in [-0.4, -0.2) is 36.1 Å². The van der Waals surface area contributed by atoms with Crippen LogP contribution in [0.15, 0.2) is 53.1 Å². The summed E-state index contributed by atoms with van der Waals surface area (Å²) in [5.74, 6) is -0.161. The maximum atomic E-state index is 13.3. The van der Waals surface area contributed by atoms with Crippen molar-refractivity contribution in [2.45, 2.75) is 6.92 Å². The zero-order chi connectivity index (χ0) is 22.8. The number of fused-ring (bicyclic) bond motifs is 1. The molecule has 2 heterocycles. The molecule has 9 heteroatoms. The quantitative estimate of drug-likeness (QED) is 0.464. The predicted octanol–water partition coefficient (Wildman–Crippen LogP) is 4.47. The van der Waals surface area contributed by atoms with Crippen LogP contribution in [-0.2, 0) is 0 Å². The Labute approximate surface area is 188 Å². The maximum Gasteiger partial charge on any atom is 0.259 e. The number of halogens is 1. The summed E-state index contributed by atoms with van der Waals surface area (Å²) in [4.78, 5) is 29.8. The number of carbonyl (C=O) groups is 2. The van der Waals surface area contributed by atoms with Crippen LogP contribution >= 0.6 is 11.6 Å². The fourth-order valence-corrected chi connectivity index (χ4v) is 3.58. The lowest BCUT2D eigenvalue weighted by molar-refractivity contribution is 0.0961. The number of anilines is 1. The molecule has 0 atom stereocenters. The number of hydrogen-bond donors (Lipinski definition) is 2. The molecule has 2 aromatic carbocycles. The van der Waals surface area contributed by atoms with E-state index in [2.05, 4.69) is 20.8 Å². The van der Waals surface area contributed by atoms with Crippen LogP contribution < -0.4 is 15.4 Å². The summed E-state index contributed by atoms with van der Waals surface area (Å²) in [5, 5.41) is 10.1. The summed E-state index contributed by atoms with van der Waals surface area (Å²) >= 11 is 6.11. The Bertz CT molecular complexity index is 1350. The average Bonchev–Trinajstić information content (AvgIpc) is 3.19. The molecule has 0 aliphatic rings. The monoisotopic (exact) mass is 450 g/mol. The molecule has 0 fully saturated rings. The highest BCUT2D eigenvalue weighted by Gasteiger charge is 2.21. The molecule has 162 valence electrons. The van der Waals surface area contributed by atoms with E-state index in [1.165, 1.54) is 13.1 Å². The van der Waals surface area contributed by atoms with Gasteiger partial charge in [0.1, 0.15) is 5.75 Å². The van der Waals surface area contributed by atoms with Gasteiger partial charge in [0.25, 0.3) is 17.5 Å². The summed E-state index contributed by atoms with van der Waals surface area (Å²) in [6.45, 7) is 1.74. The van der Waals surface area contributed by atoms with E-state index in [9.17, 15) is 9.59 Å². The molecule has 0 aliphatic heterocycles. The molecule has 0 bridgehead atoms. The van der Waals surface area contributed by atoms with Crippen LogP contribution in [0.25, 0.3) is 22.4 Å². The van der Waals surface area contributed by atoms with E-state index in [1.807, 2.05) is 18.2 Å². The van der Waals surface area contributed by atoms with E-state index in [0.29, 0.717) is 39.3 Å². The van der Waals surface area contributed by atoms with Gasteiger partial charge < -0.3 is 19.9 Å². The van der Waals surface area contributed by atoms with Crippen LogP contribution in [0.4, 0.5) is 5.69 Å². The fraction of sp³-hybridized carbons (Fsp3) is 0.130. The van der Waals surface area contributed by atoms with Crippen molar-refractivity contribution >= 4 is 40.2 Å². The molecule has 0 unspecified atom stereocenters. The molecule has 0 aliphatic carbocycles. The zero-order valence-corrected chi connectivity index (χ0v) is 18.3. The summed E-state index contributed by atoms with van der Waals surface area (Å²) in [5.41, 5.74) is 2.96. The molecule has 0 saturated carbocycles. The lowest BCUT2D eigenvalue weighted by atomic mass is 10.0. The third-order valence-corrected chi connectivity index (χ3v) is 5.27. The highest BCUT2D eigenvalue weighted by Crippen LogP contribution is 2.32. The first-order chi connectivity index (χ1) is 15.4. The molecule has 0 spiro atoms. The van der Waals surface area contributed by atoms with E-state index in [-0.39, 0.29) is 22.2 Å². The number of ether oxygens (including phenoxy) is 1. The van der Waals surface area contributed by atoms with Gasteiger partial charge in [-0.05, 0) is 43.3 Å². The smallest absolute Gasteiger partial charge is 0.259 e. The third kappa shape index (κ3) is 3.88. The number of carbonyl (C=O) groups excluding carboxylic acids is 2. The molecule has 0 saturated heterocycles. The van der Waals surface area contributed by atoms with E-state index in [4.69, 9.17) is 20.9 Å². The Morgan fingerprint density at radius 3 is 2.59 bits per heavy atom. The van der Waals surface area contributed by atoms with Gasteiger partial charge in [0.2, 0.25) is 0 Å². The third-order valence-electron chi connectivity index (χ3n) is 4.94. The van der Waals surface area contributed by atoms with Crippen molar-refractivity contribution in [2.24, 2.45) is 0 Å². The van der Waals surface area contributed by atoms with E-state index in [1.54, 1.807) is 38.3 Å². The molecule has 2 amide bonds. The second-order valence-electron chi connectivity index (χ2n) is 6.93. The summed E-state index contributed by atoms with van der Waals surface area (Å²) in [7, 11) is 3.07. The van der Waals surface area contributed by atoms with Crippen molar-refractivity contribution in [3.8, 4) is 17.0 Å². The minimum atomic E-state index is -0.412. The maximum absolute atomic E-state index is 13.3. The second-order valence-corrected chi connectivity index (χ2v) is 7.34. The number of rotatable bonds is 5. The topological polar surface area (TPSA) is 106 Å². The Morgan fingerprint density at radius 2 is 1.84 bits per heavy atom. The standard InChI is InChI=1S/C23H19ClN4O4/c1-12-20-16(22(30)26-13-8-9-17(24)15(10-13)21(29)25-2)11-18(27-23(20)32-28-12)14-6-4-5-7-19(14)31-3/h4-11H,1-3H3,(H,25,29)(H,26,30). The number of para-hydroxylation sites is 1. The van der Waals surface area contributed by atoms with Crippen LogP contribution in [0, 0.1) is 6.92 Å². The number of amides is 2. The van der Waals surface area contributed by atoms with E-state index < -0.39 is 5.91 Å². The predicted molar refractivity (Wildman–Crippen MR) is 121 cm³/mol. The highest BCUT2D eigenvalue weighted by atomic mass is 35.5. The minimum absolute atomic E-state index is 0.234. The molecule has 2 N–H and O–H groups in total. The first kappa shape index (κ1) is 21.3. The number of pyridine rings is 1. The lowest BCUT2D eigenvalue weighted by Crippen LogP contribution is -2.19. The van der Waals surface area contributed by atoms with Gasteiger partial charge in [0.15, 0.2) is 0 Å². The number of nitrogens with one attached hydrogen (secondary N) is 2. The largest absolute Gasteiger partial charge is 0.496 e. The molecule has 4 aromatic rings. The van der Waals surface area contributed by atoms with Crippen LogP contribution in [0.1, 0.15) is 26.4 Å². The molecular formula is C23H19ClN4O4. The first-order valence-electron chi connectivity index (χ1n) is 9.66. The van der Waals surface area contributed by atoms with Crippen molar-refractivity contribution in [3.05, 3.63) is 70.4 Å². The minimum Gasteiger partial charge on any atom is -0.496 e. The van der Waals surface area contributed by atoms with E-state index in [0.717, 1.165) is 0 Å². The first-order valence-corrected chi connectivity index (χ1v) is 10.0. The van der Waals surface area contributed by atoms with Crippen molar-refractivity contribution < 1.29 is 18.8 Å². The highest BCUT2D eigenvalue weighted by molar-refractivity contribution is 6.34. The van der Waals surface area contributed by atoms with Gasteiger partial charge in [-0.25, -0.2) is 4.98 Å². The molecule has 8 nitrogen and oxygen atoms in total. The van der Waals surface area contributed by atoms with Crippen molar-refractivity contribution in [3.63, 3.8) is 0 Å². The summed E-state index contributed by atoms with van der Waals surface area (Å²) in [6.07, 6.45) is 0. The van der Waals surface area contributed by atoms with Crippen molar-refractivity contribution in [2.75, 3.05) is 19.5 Å². The number of aromatic nitrogens is 2. The van der Waals surface area contributed by atoms with Gasteiger partial charge in [0.05, 0.1) is 40.0 Å². The summed E-state index contributed by atoms with van der Waals surface area (Å²) in [6, 6.07) is 13.7. The van der Waals surface area contributed by atoms with Crippen LogP contribution in [0.2, 0.25) is 5.02 Å². The Kier molecular flexibility index (Phi) is 5.79. The Balaban J connectivity index is 1.79. The van der Waals surface area contributed by atoms with Gasteiger partial charge in [-0.2, -0.15) is 0 Å². The number of methoxy groups -OCH3 is 1. The number of nitrogens with zero attached hydrogens (tertiary/aromatic N) is 2. The number of benzene rings is 2. The zero-order valence-electron chi connectivity index (χ0n) is 17.5. The Morgan fingerprint density at radius 1 is 1.06 bits per heavy atom. The van der Waals surface area contributed by atoms with E-state index >= 15 is 0 Å². The lowest BCUT2D eigenvalue weighted by Gasteiger charge is -2.11. The molecule has 2 aromatic heterocycles. The van der Waals surface area contributed by atoms with Gasteiger partial charge in [-0.3, -0.25) is 9.59 Å². The van der Waals surface area contributed by atoms with Crippen LogP contribution in [0.3, 0.4) is 0 Å². The number of hydrogen-bond acceptors (Lipinski definition) is 6. The molecular weight excluding hydrogens is 432 g/mol. The van der Waals surface area contributed by atoms with Gasteiger partial charge in [-0.1, -0.05) is 28.9 Å². The van der Waals surface area contributed by atoms with Gasteiger partial charge >= 0.3 is 0 Å². The summed E-state index contributed by atoms with van der Waals surface area (Å²) < 4.78 is 10.8. The molecule has 32 heavy (non-hydrogen) atoms. The average molecular weight is 451 g/mol. The van der Waals surface area contributed by atoms with Gasteiger partial charge in [-0.15, -0.1) is 0 Å². The van der Waals surface area contributed by atoms with Crippen molar-refractivity contribution in [1.82, 2.24) is 15.5 Å². The Hall–Kier alpha value is -3.91. The van der Waals surface area contributed by atoms with Crippen molar-refractivity contribution in [1.29, 1.82) is 0 Å². The fourth-order valence-electron chi connectivity index (χ4n) is 3.38.